The Morgan fingerprint density at radius 2 is 0.732 bits per heavy atom. The van der Waals surface area contributed by atoms with Crippen LogP contribution in [0.3, 0.4) is 0 Å². The van der Waals surface area contributed by atoms with Gasteiger partial charge in [0.25, 0.3) is 0 Å². The maximum absolute atomic E-state index is 11.1. The first-order chi connectivity index (χ1) is 19.8. The Morgan fingerprint density at radius 1 is 0.439 bits per heavy atom. The number of hydrogen-bond donors (Lipinski definition) is 3. The summed E-state index contributed by atoms with van der Waals surface area (Å²) in [5.41, 5.74) is 0. The van der Waals surface area contributed by atoms with Crippen LogP contribution in [-0.4, -0.2) is 63.9 Å². The first-order valence-electron chi connectivity index (χ1n) is 17.0. The highest BCUT2D eigenvalue weighted by atomic mass is 16.4. The minimum atomic E-state index is -0.824. The van der Waals surface area contributed by atoms with Crippen molar-refractivity contribution in [3.63, 3.8) is 0 Å². The molecule has 0 atom stereocenters. The number of carboxylic acid groups (broad SMARTS) is 3. The third kappa shape index (κ3) is 28.0. The summed E-state index contributed by atoms with van der Waals surface area (Å²) >= 11 is 0. The molecule has 0 radical (unpaired) electrons. The van der Waals surface area contributed by atoms with Crippen molar-refractivity contribution in [2.45, 2.75) is 161 Å². The van der Waals surface area contributed by atoms with Crippen molar-refractivity contribution in [2.75, 3.05) is 26.2 Å². The van der Waals surface area contributed by atoms with E-state index in [4.69, 9.17) is 15.3 Å². The molecule has 0 aromatic carbocycles. The Hall–Kier alpha value is -1.89. The van der Waals surface area contributed by atoms with Gasteiger partial charge >= 0.3 is 17.9 Å². The number of unbranched alkanes of at least 4 members (excludes halogenated alkanes) is 16. The molecule has 0 aliphatic rings. The number of rotatable bonds is 32. The van der Waals surface area contributed by atoms with E-state index in [1.165, 1.54) is 103 Å². The molecule has 0 amide bonds. The van der Waals surface area contributed by atoms with Gasteiger partial charge < -0.3 is 19.8 Å². The Kier molecular flexibility index (Phi) is 26.9. The number of hydrogen-bond acceptors (Lipinski definition) is 3. The third-order valence-corrected chi connectivity index (χ3v) is 8.21. The van der Waals surface area contributed by atoms with E-state index in [1.54, 1.807) is 0 Å². The van der Waals surface area contributed by atoms with Gasteiger partial charge in [-0.15, -0.1) is 0 Å². The van der Waals surface area contributed by atoms with E-state index in [0.717, 1.165) is 19.4 Å². The number of aliphatic carboxylic acids is 3. The summed E-state index contributed by atoms with van der Waals surface area (Å²) < 4.78 is 0.641. The zero-order valence-electron chi connectivity index (χ0n) is 26.5. The zero-order chi connectivity index (χ0) is 30.4. The quantitative estimate of drug-likeness (QED) is 0.0414. The van der Waals surface area contributed by atoms with Crippen LogP contribution in [0, 0.1) is 0 Å². The van der Waals surface area contributed by atoms with Gasteiger partial charge in [0, 0.05) is 19.3 Å². The second-order valence-electron chi connectivity index (χ2n) is 12.1. The average Bonchev–Trinajstić information content (AvgIpc) is 2.91. The van der Waals surface area contributed by atoms with Gasteiger partial charge in [0.2, 0.25) is 0 Å². The normalized spacial score (nSPS) is 11.8. The summed E-state index contributed by atoms with van der Waals surface area (Å²) in [4.78, 5) is 33.2. The van der Waals surface area contributed by atoms with Crippen LogP contribution >= 0.6 is 0 Å². The zero-order valence-corrected chi connectivity index (χ0v) is 26.5. The molecule has 0 saturated heterocycles. The number of quaternary nitrogens is 1. The number of carboxylic acids is 3. The fourth-order valence-corrected chi connectivity index (χ4v) is 5.77. The van der Waals surface area contributed by atoms with E-state index < -0.39 is 17.9 Å². The third-order valence-electron chi connectivity index (χ3n) is 8.21. The average molecular weight is 583 g/mol. The molecular weight excluding hydrogens is 518 g/mol. The molecule has 0 heterocycles. The Labute approximate surface area is 251 Å². The smallest absolute Gasteiger partial charge is 0.303 e. The maximum atomic E-state index is 11.1. The fourth-order valence-electron chi connectivity index (χ4n) is 5.77. The molecule has 0 aliphatic heterocycles. The minimum absolute atomic E-state index is 0.0911. The number of carbonyl (C=O) groups is 3. The molecule has 0 spiro atoms. The van der Waals surface area contributed by atoms with Crippen LogP contribution in [0.1, 0.15) is 161 Å². The lowest BCUT2D eigenvalue weighted by Gasteiger charge is -2.39. The molecule has 0 aromatic rings. The first kappa shape index (κ1) is 39.1. The molecule has 3 N–H and O–H groups in total. The molecule has 0 aliphatic carbocycles. The van der Waals surface area contributed by atoms with Crippen LogP contribution in [0.4, 0.5) is 0 Å². The van der Waals surface area contributed by atoms with Crippen molar-refractivity contribution in [2.24, 2.45) is 0 Å². The van der Waals surface area contributed by atoms with Crippen molar-refractivity contribution >= 4 is 17.9 Å². The Balaban J connectivity index is 4.09. The SMILES string of the molecule is CCCCCCCC/C=C/CCCCCCCCCCCC[N+](CCCC(=O)O)(CCCC(=O)O)CCCC(=O)O. The van der Waals surface area contributed by atoms with Gasteiger partial charge in [0.05, 0.1) is 45.4 Å². The molecule has 240 valence electrons. The standard InChI is InChI=1S/C34H63NO6/c1-2-3-4-5-6-7-8-9-10-11-12-13-14-15-16-17-18-19-20-21-28-35(29-22-25-32(36)37,30-23-26-33(38)39)31-24-27-34(40)41/h9-10H,2-8,11-31H2,1H3,(H2-,36,37,38,39,40,41)/p+1/b10-9+. The van der Waals surface area contributed by atoms with Crippen LogP contribution in [0.25, 0.3) is 0 Å². The van der Waals surface area contributed by atoms with E-state index in [-0.39, 0.29) is 19.3 Å². The molecule has 0 unspecified atom stereocenters. The van der Waals surface area contributed by atoms with Gasteiger partial charge in [0.15, 0.2) is 0 Å². The first-order valence-corrected chi connectivity index (χ1v) is 17.0. The molecule has 0 aromatic heterocycles. The number of nitrogens with zero attached hydrogens (tertiary/aromatic N) is 1. The monoisotopic (exact) mass is 582 g/mol. The van der Waals surface area contributed by atoms with E-state index in [9.17, 15) is 14.4 Å². The summed E-state index contributed by atoms with van der Waals surface area (Å²) in [7, 11) is 0. The molecule has 0 fully saturated rings. The number of allylic oxidation sites excluding steroid dienone is 2. The fraction of sp³-hybridized carbons (Fsp3) is 0.853. The van der Waals surface area contributed by atoms with E-state index in [1.807, 2.05) is 0 Å². The van der Waals surface area contributed by atoms with Crippen molar-refractivity contribution in [3.05, 3.63) is 12.2 Å². The lowest BCUT2D eigenvalue weighted by atomic mass is 10.0. The molecule has 0 bridgehead atoms. The van der Waals surface area contributed by atoms with Crippen molar-refractivity contribution in [1.29, 1.82) is 0 Å². The lowest BCUT2D eigenvalue weighted by Crippen LogP contribution is -2.51. The van der Waals surface area contributed by atoms with Gasteiger partial charge in [-0.1, -0.05) is 96.1 Å². The van der Waals surface area contributed by atoms with Gasteiger partial charge in [-0.2, -0.15) is 0 Å². The molecule has 7 heteroatoms. The van der Waals surface area contributed by atoms with Gasteiger partial charge in [0.1, 0.15) is 0 Å². The van der Waals surface area contributed by atoms with Crippen LogP contribution < -0.4 is 0 Å². The maximum Gasteiger partial charge on any atom is 0.303 e. The molecule has 0 rings (SSSR count). The van der Waals surface area contributed by atoms with E-state index >= 15 is 0 Å². The highest BCUT2D eigenvalue weighted by Crippen LogP contribution is 2.19. The molecular formula is C34H64NO6+. The Morgan fingerprint density at radius 3 is 1.07 bits per heavy atom. The van der Waals surface area contributed by atoms with Crippen LogP contribution in [0.5, 0.6) is 0 Å². The highest BCUT2D eigenvalue weighted by molar-refractivity contribution is 5.67. The summed E-state index contributed by atoms with van der Waals surface area (Å²) in [6.45, 7) is 5.13. The predicted molar refractivity (Wildman–Crippen MR) is 168 cm³/mol. The summed E-state index contributed by atoms with van der Waals surface area (Å²) in [5.74, 6) is -2.47. The largest absolute Gasteiger partial charge is 0.481 e. The van der Waals surface area contributed by atoms with Crippen molar-refractivity contribution < 1.29 is 34.2 Å². The highest BCUT2D eigenvalue weighted by Gasteiger charge is 2.27. The predicted octanol–water partition coefficient (Wildman–Crippen LogP) is 9.00. The van der Waals surface area contributed by atoms with Gasteiger partial charge in [-0.05, 0) is 38.5 Å². The van der Waals surface area contributed by atoms with Crippen LogP contribution in [0.15, 0.2) is 12.2 Å². The van der Waals surface area contributed by atoms with Crippen molar-refractivity contribution in [3.8, 4) is 0 Å². The minimum Gasteiger partial charge on any atom is -0.481 e. The Bertz CT molecular complexity index is 628. The van der Waals surface area contributed by atoms with Crippen molar-refractivity contribution in [1.82, 2.24) is 0 Å². The summed E-state index contributed by atoms with van der Waals surface area (Å²) in [6.07, 6.45) is 29.7. The van der Waals surface area contributed by atoms with E-state index in [2.05, 4.69) is 19.1 Å². The second kappa shape index (κ2) is 28.2. The van der Waals surface area contributed by atoms with Crippen LogP contribution in [-0.2, 0) is 14.4 Å². The topological polar surface area (TPSA) is 112 Å². The van der Waals surface area contributed by atoms with Gasteiger partial charge in [-0.3, -0.25) is 14.4 Å². The summed E-state index contributed by atoms with van der Waals surface area (Å²) in [6, 6.07) is 0. The molecule has 0 saturated carbocycles. The lowest BCUT2D eigenvalue weighted by molar-refractivity contribution is -0.929. The van der Waals surface area contributed by atoms with Crippen LogP contribution in [0.2, 0.25) is 0 Å². The van der Waals surface area contributed by atoms with E-state index in [0.29, 0.717) is 43.4 Å². The molecule has 7 nitrogen and oxygen atoms in total. The summed E-state index contributed by atoms with van der Waals surface area (Å²) in [5, 5.41) is 27.3. The van der Waals surface area contributed by atoms with Gasteiger partial charge in [-0.25, -0.2) is 0 Å². The molecule has 41 heavy (non-hydrogen) atoms. The second-order valence-corrected chi connectivity index (χ2v) is 12.1.